The number of pyridine rings is 1. The van der Waals surface area contributed by atoms with Crippen LogP contribution in [0.5, 0.6) is 0 Å². The van der Waals surface area contributed by atoms with Gasteiger partial charge >= 0.3 is 0 Å². The van der Waals surface area contributed by atoms with E-state index in [0.29, 0.717) is 5.56 Å². The van der Waals surface area contributed by atoms with E-state index in [1.807, 2.05) is 11.0 Å². The second-order valence-electron chi connectivity index (χ2n) is 4.32. The molecular weight excluding hydrogens is 204 g/mol. The maximum Gasteiger partial charge on any atom is 0.250 e. The average Bonchev–Trinajstić information content (AvgIpc) is 2.71. The highest BCUT2D eigenvalue weighted by Crippen LogP contribution is 2.31. The van der Waals surface area contributed by atoms with Crippen molar-refractivity contribution in [3.8, 4) is 0 Å². The van der Waals surface area contributed by atoms with Crippen LogP contribution >= 0.6 is 0 Å². The van der Waals surface area contributed by atoms with Gasteiger partial charge in [0.25, 0.3) is 5.56 Å². The Bertz CT molecular complexity index is 464. The maximum absolute atomic E-state index is 11.4. The molecule has 1 aromatic rings. The molecule has 0 unspecified atom stereocenters. The smallest absolute Gasteiger partial charge is 0.250 e. The SMILES string of the molecule is CC(=O)N1CCC[C@@H]1c1c[nH]c(=O)c(C)c1. The monoisotopic (exact) mass is 220 g/mol. The molecule has 2 rings (SSSR count). The van der Waals surface area contributed by atoms with Crippen LogP contribution in [-0.4, -0.2) is 22.3 Å². The molecule has 16 heavy (non-hydrogen) atoms. The summed E-state index contributed by atoms with van der Waals surface area (Å²) in [5.41, 5.74) is 1.67. The lowest BCUT2D eigenvalue weighted by molar-refractivity contribution is -0.129. The fraction of sp³-hybridized carbons (Fsp3) is 0.500. The number of nitrogens with zero attached hydrogens (tertiary/aromatic N) is 1. The normalized spacial score (nSPS) is 20.1. The molecule has 1 fully saturated rings. The molecule has 1 amide bonds. The van der Waals surface area contributed by atoms with Gasteiger partial charge in [-0.1, -0.05) is 0 Å². The molecule has 2 heterocycles. The Balaban J connectivity index is 2.33. The maximum atomic E-state index is 11.4. The minimum Gasteiger partial charge on any atom is -0.336 e. The lowest BCUT2D eigenvalue weighted by Gasteiger charge is -2.23. The number of carbonyl (C=O) groups is 1. The molecule has 1 atom stereocenters. The first-order chi connectivity index (χ1) is 7.59. The molecule has 1 saturated heterocycles. The van der Waals surface area contributed by atoms with Gasteiger partial charge in [0.15, 0.2) is 0 Å². The van der Waals surface area contributed by atoms with Gasteiger partial charge in [0.1, 0.15) is 0 Å². The Kier molecular flexibility index (Phi) is 2.81. The first-order valence-corrected chi connectivity index (χ1v) is 5.56. The number of amides is 1. The summed E-state index contributed by atoms with van der Waals surface area (Å²) in [6.45, 7) is 4.20. The predicted molar refractivity (Wildman–Crippen MR) is 61.2 cm³/mol. The van der Waals surface area contributed by atoms with Crippen LogP contribution in [-0.2, 0) is 4.79 Å². The van der Waals surface area contributed by atoms with Crippen LogP contribution in [0.1, 0.15) is 36.9 Å². The van der Waals surface area contributed by atoms with Gasteiger partial charge < -0.3 is 9.88 Å². The van der Waals surface area contributed by atoms with Crippen LogP contribution in [0, 0.1) is 6.92 Å². The van der Waals surface area contributed by atoms with Gasteiger partial charge in [0, 0.05) is 25.2 Å². The number of aromatic amines is 1. The highest BCUT2D eigenvalue weighted by Gasteiger charge is 2.27. The molecule has 0 aliphatic carbocycles. The zero-order valence-corrected chi connectivity index (χ0v) is 9.62. The van der Waals surface area contributed by atoms with E-state index >= 15 is 0 Å². The second-order valence-corrected chi connectivity index (χ2v) is 4.32. The first kappa shape index (κ1) is 10.9. The summed E-state index contributed by atoms with van der Waals surface area (Å²) < 4.78 is 0. The summed E-state index contributed by atoms with van der Waals surface area (Å²) in [4.78, 5) is 27.3. The Morgan fingerprint density at radius 1 is 1.56 bits per heavy atom. The zero-order chi connectivity index (χ0) is 11.7. The highest BCUT2D eigenvalue weighted by molar-refractivity contribution is 5.74. The quantitative estimate of drug-likeness (QED) is 0.777. The van der Waals surface area contributed by atoms with Crippen LogP contribution in [0.15, 0.2) is 17.1 Å². The van der Waals surface area contributed by atoms with Gasteiger partial charge in [-0.3, -0.25) is 9.59 Å². The van der Waals surface area contributed by atoms with Crippen LogP contribution in [0.3, 0.4) is 0 Å². The van der Waals surface area contributed by atoms with E-state index in [1.165, 1.54) is 0 Å². The van der Waals surface area contributed by atoms with Crippen molar-refractivity contribution in [2.45, 2.75) is 32.7 Å². The van der Waals surface area contributed by atoms with E-state index in [4.69, 9.17) is 0 Å². The molecule has 86 valence electrons. The predicted octanol–water partition coefficient (Wildman–Crippen LogP) is 1.37. The number of carbonyl (C=O) groups excluding carboxylic acids is 1. The van der Waals surface area contributed by atoms with Crippen molar-refractivity contribution in [3.05, 3.63) is 33.7 Å². The Morgan fingerprint density at radius 2 is 2.31 bits per heavy atom. The molecule has 1 aliphatic heterocycles. The van der Waals surface area contributed by atoms with E-state index in [1.54, 1.807) is 20.0 Å². The number of hydrogen-bond donors (Lipinski definition) is 1. The summed E-state index contributed by atoms with van der Waals surface area (Å²) in [5, 5.41) is 0. The molecule has 1 aromatic heterocycles. The topological polar surface area (TPSA) is 53.2 Å². The van der Waals surface area contributed by atoms with Crippen molar-refractivity contribution in [3.63, 3.8) is 0 Å². The zero-order valence-electron chi connectivity index (χ0n) is 9.62. The molecule has 0 bridgehead atoms. The Morgan fingerprint density at radius 3 is 2.94 bits per heavy atom. The van der Waals surface area contributed by atoms with E-state index in [9.17, 15) is 9.59 Å². The second kappa shape index (κ2) is 4.12. The summed E-state index contributed by atoms with van der Waals surface area (Å²) in [6, 6.07) is 2.01. The standard InChI is InChI=1S/C12H16N2O2/c1-8-6-10(7-13-12(8)16)11-4-3-5-14(11)9(2)15/h6-7,11H,3-5H2,1-2H3,(H,13,16)/t11-/m1/s1. The number of aromatic nitrogens is 1. The number of aryl methyl sites for hydroxylation is 1. The van der Waals surface area contributed by atoms with Crippen LogP contribution in [0.2, 0.25) is 0 Å². The number of nitrogens with one attached hydrogen (secondary N) is 1. The third-order valence-corrected chi connectivity index (χ3v) is 3.15. The largest absolute Gasteiger partial charge is 0.336 e. The van der Waals surface area contributed by atoms with Gasteiger partial charge in [-0.2, -0.15) is 0 Å². The van der Waals surface area contributed by atoms with E-state index in [0.717, 1.165) is 24.9 Å². The van der Waals surface area contributed by atoms with Crippen LogP contribution in [0.25, 0.3) is 0 Å². The molecule has 0 aromatic carbocycles. The molecule has 0 spiro atoms. The van der Waals surface area contributed by atoms with Crippen molar-refractivity contribution in [1.29, 1.82) is 0 Å². The third kappa shape index (κ3) is 1.87. The lowest BCUT2D eigenvalue weighted by atomic mass is 10.1. The Hall–Kier alpha value is -1.58. The van der Waals surface area contributed by atoms with Gasteiger partial charge in [0.2, 0.25) is 5.91 Å². The minimum atomic E-state index is -0.0591. The summed E-state index contributed by atoms with van der Waals surface area (Å²) in [6.07, 6.45) is 3.73. The number of likely N-dealkylation sites (tertiary alicyclic amines) is 1. The van der Waals surface area contributed by atoms with Gasteiger partial charge in [0.05, 0.1) is 6.04 Å². The minimum absolute atomic E-state index is 0.0591. The Labute approximate surface area is 94.3 Å². The van der Waals surface area contributed by atoms with E-state index in [2.05, 4.69) is 4.98 Å². The van der Waals surface area contributed by atoms with Gasteiger partial charge in [-0.05, 0) is 31.4 Å². The van der Waals surface area contributed by atoms with Crippen LogP contribution in [0.4, 0.5) is 0 Å². The molecule has 0 saturated carbocycles. The van der Waals surface area contributed by atoms with E-state index < -0.39 is 0 Å². The molecule has 0 radical (unpaired) electrons. The number of rotatable bonds is 1. The van der Waals surface area contributed by atoms with Crippen LogP contribution < -0.4 is 5.56 Å². The van der Waals surface area contributed by atoms with Crippen molar-refractivity contribution in [2.75, 3.05) is 6.54 Å². The van der Waals surface area contributed by atoms with E-state index in [-0.39, 0.29) is 17.5 Å². The summed E-state index contributed by atoms with van der Waals surface area (Å²) >= 11 is 0. The van der Waals surface area contributed by atoms with Crippen molar-refractivity contribution in [2.24, 2.45) is 0 Å². The number of H-pyrrole nitrogens is 1. The average molecular weight is 220 g/mol. The van der Waals surface area contributed by atoms with Crippen molar-refractivity contribution >= 4 is 5.91 Å². The summed E-state index contributed by atoms with van der Waals surface area (Å²) in [5.74, 6) is 0.103. The van der Waals surface area contributed by atoms with Gasteiger partial charge in [-0.25, -0.2) is 0 Å². The third-order valence-electron chi connectivity index (χ3n) is 3.15. The summed E-state index contributed by atoms with van der Waals surface area (Å²) in [7, 11) is 0. The van der Waals surface area contributed by atoms with Crippen molar-refractivity contribution in [1.82, 2.24) is 9.88 Å². The fourth-order valence-corrected chi connectivity index (χ4v) is 2.30. The van der Waals surface area contributed by atoms with Gasteiger partial charge in [-0.15, -0.1) is 0 Å². The highest BCUT2D eigenvalue weighted by atomic mass is 16.2. The number of hydrogen-bond acceptors (Lipinski definition) is 2. The fourth-order valence-electron chi connectivity index (χ4n) is 2.30. The molecule has 1 N–H and O–H groups in total. The first-order valence-electron chi connectivity index (χ1n) is 5.56. The molecule has 4 nitrogen and oxygen atoms in total. The molecular formula is C12H16N2O2. The molecule has 1 aliphatic rings. The lowest BCUT2D eigenvalue weighted by Crippen LogP contribution is -2.28. The van der Waals surface area contributed by atoms with Crippen molar-refractivity contribution < 1.29 is 4.79 Å². The molecule has 4 heteroatoms.